The summed E-state index contributed by atoms with van der Waals surface area (Å²) in [5.41, 5.74) is 0. The Kier molecular flexibility index (Phi) is 10.8. The zero-order valence-electron chi connectivity index (χ0n) is 14.7. The molecule has 1 unspecified atom stereocenters. The number of hydrogen-bond donors (Lipinski definition) is 2. The van der Waals surface area contributed by atoms with Gasteiger partial charge in [-0.3, -0.25) is 9.59 Å². The lowest BCUT2D eigenvalue weighted by atomic mass is 10.1. The highest BCUT2D eigenvalue weighted by molar-refractivity contribution is 7.99. The Labute approximate surface area is 149 Å². The molecule has 1 rings (SSSR count). The van der Waals surface area contributed by atoms with Gasteiger partial charge in [0.2, 0.25) is 5.91 Å². The molecule has 0 saturated carbocycles. The maximum atomic E-state index is 12.0. The Hall–Kier alpha value is -1.01. The van der Waals surface area contributed by atoms with E-state index in [4.69, 9.17) is 5.11 Å². The number of carboxylic acids is 1. The van der Waals surface area contributed by atoms with Crippen LogP contribution in [-0.2, 0) is 9.59 Å². The number of amides is 1. The van der Waals surface area contributed by atoms with Crippen molar-refractivity contribution in [1.82, 2.24) is 4.90 Å². The van der Waals surface area contributed by atoms with Gasteiger partial charge in [0.15, 0.2) is 0 Å². The molecular weight excluding hydrogens is 326 g/mol. The number of aliphatic hydroxyl groups excluding tert-OH is 1. The van der Waals surface area contributed by atoms with E-state index in [-0.39, 0.29) is 17.7 Å². The molecular formula is C18H31NO4S. The molecule has 0 aromatic heterocycles. The maximum absolute atomic E-state index is 12.0. The van der Waals surface area contributed by atoms with E-state index >= 15 is 0 Å². The van der Waals surface area contributed by atoms with Crippen molar-refractivity contribution >= 4 is 23.6 Å². The minimum Gasteiger partial charge on any atom is -0.481 e. The van der Waals surface area contributed by atoms with E-state index in [0.29, 0.717) is 13.0 Å². The first-order valence-corrected chi connectivity index (χ1v) is 10.2. The zero-order chi connectivity index (χ0) is 17.8. The smallest absolute Gasteiger partial charge is 0.313 e. The van der Waals surface area contributed by atoms with Crippen LogP contribution in [0.1, 0.15) is 58.3 Å². The molecule has 0 spiro atoms. The number of thioether (sulfide) groups is 1. The lowest BCUT2D eigenvalue weighted by Gasteiger charge is -2.22. The Balaban J connectivity index is 2.28. The van der Waals surface area contributed by atoms with Crippen LogP contribution in [0.5, 0.6) is 0 Å². The SMILES string of the molecule is CCCCCC(O)C=C[C@H]1CCC(=O)N1CCCCSCC(=O)O. The van der Waals surface area contributed by atoms with Gasteiger partial charge in [-0.15, -0.1) is 0 Å². The zero-order valence-corrected chi connectivity index (χ0v) is 15.5. The summed E-state index contributed by atoms with van der Waals surface area (Å²) < 4.78 is 0. The largest absolute Gasteiger partial charge is 0.481 e. The molecule has 1 aliphatic heterocycles. The van der Waals surface area contributed by atoms with Crippen LogP contribution in [0.3, 0.4) is 0 Å². The van der Waals surface area contributed by atoms with E-state index in [1.807, 2.05) is 17.1 Å². The molecule has 0 bridgehead atoms. The fraction of sp³-hybridized carbons (Fsp3) is 0.778. The number of carbonyl (C=O) groups is 2. The van der Waals surface area contributed by atoms with E-state index in [1.54, 1.807) is 0 Å². The van der Waals surface area contributed by atoms with Crippen LogP contribution in [-0.4, -0.2) is 57.2 Å². The van der Waals surface area contributed by atoms with E-state index in [2.05, 4.69) is 6.92 Å². The molecule has 1 fully saturated rings. The molecule has 24 heavy (non-hydrogen) atoms. The van der Waals surface area contributed by atoms with Gasteiger partial charge in [-0.25, -0.2) is 0 Å². The summed E-state index contributed by atoms with van der Waals surface area (Å²) in [6.45, 7) is 2.86. The predicted octanol–water partition coefficient (Wildman–Crippen LogP) is 3.07. The van der Waals surface area contributed by atoms with Gasteiger partial charge in [-0.2, -0.15) is 11.8 Å². The number of unbranched alkanes of at least 4 members (excludes halogenated alkanes) is 3. The number of hydrogen-bond acceptors (Lipinski definition) is 4. The summed E-state index contributed by atoms with van der Waals surface area (Å²) in [5.74, 6) is 0.357. The van der Waals surface area contributed by atoms with Crippen LogP contribution >= 0.6 is 11.8 Å². The van der Waals surface area contributed by atoms with Crippen molar-refractivity contribution < 1.29 is 19.8 Å². The third kappa shape index (κ3) is 8.73. The molecule has 1 heterocycles. The molecule has 0 aromatic carbocycles. The minimum atomic E-state index is -0.780. The van der Waals surface area contributed by atoms with Crippen molar-refractivity contribution in [2.75, 3.05) is 18.1 Å². The summed E-state index contributed by atoms with van der Waals surface area (Å²) in [6, 6.07) is 0.102. The summed E-state index contributed by atoms with van der Waals surface area (Å²) >= 11 is 1.42. The lowest BCUT2D eigenvalue weighted by Crippen LogP contribution is -2.32. The number of carbonyl (C=O) groups excluding carboxylic acids is 1. The van der Waals surface area contributed by atoms with Crippen molar-refractivity contribution in [3.05, 3.63) is 12.2 Å². The monoisotopic (exact) mass is 357 g/mol. The van der Waals surface area contributed by atoms with Crippen molar-refractivity contribution in [1.29, 1.82) is 0 Å². The molecule has 1 saturated heterocycles. The second kappa shape index (κ2) is 12.4. The average Bonchev–Trinajstić information content (AvgIpc) is 2.89. The topological polar surface area (TPSA) is 77.8 Å². The molecule has 2 N–H and O–H groups in total. The first-order valence-electron chi connectivity index (χ1n) is 9.00. The number of likely N-dealkylation sites (tertiary alicyclic amines) is 1. The molecule has 1 amide bonds. The molecule has 1 aliphatic rings. The van der Waals surface area contributed by atoms with Crippen molar-refractivity contribution in [3.8, 4) is 0 Å². The second-order valence-electron chi connectivity index (χ2n) is 6.29. The predicted molar refractivity (Wildman–Crippen MR) is 98.2 cm³/mol. The maximum Gasteiger partial charge on any atom is 0.313 e. The Morgan fingerprint density at radius 1 is 1.38 bits per heavy atom. The van der Waals surface area contributed by atoms with Crippen LogP contribution in [0, 0.1) is 0 Å². The van der Waals surface area contributed by atoms with E-state index in [9.17, 15) is 14.7 Å². The van der Waals surface area contributed by atoms with Gasteiger partial charge in [-0.1, -0.05) is 38.3 Å². The highest BCUT2D eigenvalue weighted by Gasteiger charge is 2.28. The molecule has 138 valence electrons. The van der Waals surface area contributed by atoms with Crippen molar-refractivity contribution in [2.24, 2.45) is 0 Å². The van der Waals surface area contributed by atoms with Gasteiger partial charge in [0.1, 0.15) is 0 Å². The highest BCUT2D eigenvalue weighted by atomic mass is 32.2. The summed E-state index contributed by atoms with van der Waals surface area (Å²) in [5, 5.41) is 18.5. The Morgan fingerprint density at radius 2 is 2.17 bits per heavy atom. The van der Waals surface area contributed by atoms with Gasteiger partial charge < -0.3 is 15.1 Å². The highest BCUT2D eigenvalue weighted by Crippen LogP contribution is 2.21. The molecule has 0 aliphatic carbocycles. The van der Waals surface area contributed by atoms with Crippen LogP contribution in [0.15, 0.2) is 12.2 Å². The average molecular weight is 358 g/mol. The summed E-state index contributed by atoms with van der Waals surface area (Å²) in [7, 11) is 0. The first kappa shape index (κ1) is 21.0. The molecule has 0 radical (unpaired) electrons. The number of nitrogens with zero attached hydrogens (tertiary/aromatic N) is 1. The Bertz CT molecular complexity index is 414. The van der Waals surface area contributed by atoms with Crippen LogP contribution in [0.25, 0.3) is 0 Å². The molecule has 2 atom stereocenters. The fourth-order valence-electron chi connectivity index (χ4n) is 2.85. The van der Waals surface area contributed by atoms with Gasteiger partial charge in [-0.05, 0) is 31.4 Å². The van der Waals surface area contributed by atoms with Gasteiger partial charge in [0.05, 0.1) is 17.9 Å². The summed E-state index contributed by atoms with van der Waals surface area (Å²) in [4.78, 5) is 24.3. The molecule has 5 nitrogen and oxygen atoms in total. The first-order chi connectivity index (χ1) is 11.5. The third-order valence-corrected chi connectivity index (χ3v) is 5.23. The second-order valence-corrected chi connectivity index (χ2v) is 7.40. The van der Waals surface area contributed by atoms with Crippen LogP contribution < -0.4 is 0 Å². The lowest BCUT2D eigenvalue weighted by molar-refractivity contribution is -0.134. The fourth-order valence-corrected chi connectivity index (χ4v) is 3.58. The van der Waals surface area contributed by atoms with Gasteiger partial charge in [0, 0.05) is 13.0 Å². The van der Waals surface area contributed by atoms with E-state index in [0.717, 1.165) is 50.7 Å². The normalized spacial score (nSPS) is 19.3. The number of carboxylic acid groups (broad SMARTS) is 1. The summed E-state index contributed by atoms with van der Waals surface area (Å²) in [6.07, 6.45) is 10.7. The Morgan fingerprint density at radius 3 is 2.88 bits per heavy atom. The van der Waals surface area contributed by atoms with Crippen molar-refractivity contribution in [2.45, 2.75) is 70.4 Å². The molecule has 6 heteroatoms. The standard InChI is InChI=1S/C18H31NO4S/c1-2-3-4-7-16(20)10-8-15-9-11-17(21)19(15)12-5-6-13-24-14-18(22)23/h8,10,15-16,20H,2-7,9,11-14H2,1H3,(H,22,23)/t15-,16?/m0/s1. The molecule has 0 aromatic rings. The number of aliphatic hydroxyl groups is 1. The van der Waals surface area contributed by atoms with Crippen molar-refractivity contribution in [3.63, 3.8) is 0 Å². The van der Waals surface area contributed by atoms with Gasteiger partial charge in [0.25, 0.3) is 0 Å². The van der Waals surface area contributed by atoms with Crippen LogP contribution in [0.4, 0.5) is 0 Å². The van der Waals surface area contributed by atoms with E-state index < -0.39 is 12.1 Å². The van der Waals surface area contributed by atoms with Gasteiger partial charge >= 0.3 is 5.97 Å². The minimum absolute atomic E-state index is 0.102. The number of rotatable bonds is 13. The quantitative estimate of drug-likeness (QED) is 0.391. The van der Waals surface area contributed by atoms with Crippen LogP contribution in [0.2, 0.25) is 0 Å². The number of aliphatic carboxylic acids is 1. The van der Waals surface area contributed by atoms with E-state index in [1.165, 1.54) is 11.8 Å². The third-order valence-electron chi connectivity index (χ3n) is 4.20.